The van der Waals surface area contributed by atoms with Crippen molar-refractivity contribution in [2.75, 3.05) is 26.9 Å². The molecule has 150 valence electrons. The van der Waals surface area contributed by atoms with E-state index in [-0.39, 0.29) is 22.6 Å². The summed E-state index contributed by atoms with van der Waals surface area (Å²) in [6, 6.07) is 9.61. The lowest BCUT2D eigenvalue weighted by Gasteiger charge is -2.39. The van der Waals surface area contributed by atoms with Gasteiger partial charge in [0.2, 0.25) is 0 Å². The molecule has 0 radical (unpaired) electrons. The highest BCUT2D eigenvalue weighted by atomic mass is 79.9. The SMILES string of the molecule is COc1ccc(C)cc1C1(CNC(=O)c2cc(C)cc(Br)c2O)CCOCC1. The lowest BCUT2D eigenvalue weighted by atomic mass is 9.73. The fourth-order valence-electron chi connectivity index (χ4n) is 3.79. The molecule has 2 aromatic carbocycles. The Balaban J connectivity index is 1.90. The normalized spacial score (nSPS) is 15.9. The summed E-state index contributed by atoms with van der Waals surface area (Å²) < 4.78 is 11.7. The van der Waals surface area contributed by atoms with E-state index >= 15 is 0 Å². The number of benzene rings is 2. The van der Waals surface area contributed by atoms with Gasteiger partial charge in [0.1, 0.15) is 11.5 Å². The molecule has 1 saturated heterocycles. The monoisotopic (exact) mass is 447 g/mol. The number of amides is 1. The van der Waals surface area contributed by atoms with Crippen molar-refractivity contribution in [2.24, 2.45) is 0 Å². The first-order valence-corrected chi connectivity index (χ1v) is 10.2. The van der Waals surface area contributed by atoms with Crippen LogP contribution in [0.15, 0.2) is 34.8 Å². The summed E-state index contributed by atoms with van der Waals surface area (Å²) in [4.78, 5) is 12.9. The lowest BCUT2D eigenvalue weighted by Crippen LogP contribution is -2.45. The van der Waals surface area contributed by atoms with Gasteiger partial charge >= 0.3 is 0 Å². The first-order chi connectivity index (χ1) is 13.4. The van der Waals surface area contributed by atoms with Crippen LogP contribution >= 0.6 is 15.9 Å². The number of methoxy groups -OCH3 is 1. The van der Waals surface area contributed by atoms with Crippen molar-refractivity contribution >= 4 is 21.8 Å². The predicted octanol–water partition coefficient (Wildman–Crippen LogP) is 4.26. The number of phenols is 1. The number of hydrogen-bond acceptors (Lipinski definition) is 4. The molecule has 1 aliphatic heterocycles. The maximum atomic E-state index is 12.9. The third kappa shape index (κ3) is 4.18. The zero-order valence-electron chi connectivity index (χ0n) is 16.5. The Morgan fingerprint density at radius 1 is 1.21 bits per heavy atom. The van der Waals surface area contributed by atoms with Gasteiger partial charge in [-0.05, 0) is 66.4 Å². The van der Waals surface area contributed by atoms with Crippen molar-refractivity contribution in [1.82, 2.24) is 5.32 Å². The molecule has 1 amide bonds. The van der Waals surface area contributed by atoms with E-state index in [4.69, 9.17) is 9.47 Å². The molecule has 28 heavy (non-hydrogen) atoms. The van der Waals surface area contributed by atoms with E-state index in [1.165, 1.54) is 0 Å². The molecule has 1 heterocycles. The highest BCUT2D eigenvalue weighted by Crippen LogP contribution is 2.40. The highest BCUT2D eigenvalue weighted by Gasteiger charge is 2.37. The third-order valence-corrected chi connectivity index (χ3v) is 6.02. The van der Waals surface area contributed by atoms with Crippen LogP contribution in [0, 0.1) is 13.8 Å². The Morgan fingerprint density at radius 3 is 2.61 bits per heavy atom. The topological polar surface area (TPSA) is 67.8 Å². The molecule has 5 nitrogen and oxygen atoms in total. The Kier molecular flexibility index (Phi) is 6.30. The van der Waals surface area contributed by atoms with Crippen molar-refractivity contribution in [3.63, 3.8) is 0 Å². The largest absolute Gasteiger partial charge is 0.506 e. The summed E-state index contributed by atoms with van der Waals surface area (Å²) in [6.07, 6.45) is 1.58. The second-order valence-electron chi connectivity index (χ2n) is 7.42. The van der Waals surface area contributed by atoms with Crippen LogP contribution in [-0.2, 0) is 10.2 Å². The number of halogens is 1. The van der Waals surface area contributed by atoms with Crippen LogP contribution in [0.4, 0.5) is 0 Å². The molecular formula is C22H26BrNO4. The molecule has 6 heteroatoms. The molecule has 0 atom stereocenters. The van der Waals surface area contributed by atoms with Crippen molar-refractivity contribution in [2.45, 2.75) is 32.1 Å². The van der Waals surface area contributed by atoms with Crippen LogP contribution in [0.1, 0.15) is 39.9 Å². The number of carbonyl (C=O) groups is 1. The number of phenolic OH excluding ortho intramolecular Hbond substituents is 1. The van der Waals surface area contributed by atoms with E-state index in [1.54, 1.807) is 19.2 Å². The summed E-state index contributed by atoms with van der Waals surface area (Å²) in [5, 5.41) is 13.3. The summed E-state index contributed by atoms with van der Waals surface area (Å²) in [5.41, 5.74) is 3.13. The van der Waals surface area contributed by atoms with E-state index in [2.05, 4.69) is 34.2 Å². The fraction of sp³-hybridized carbons (Fsp3) is 0.409. The number of carbonyl (C=O) groups excluding carboxylic acids is 1. The zero-order valence-corrected chi connectivity index (χ0v) is 18.1. The molecule has 1 fully saturated rings. The standard InChI is InChI=1S/C22H26BrNO4/c1-14-4-5-19(27-3)17(11-14)22(6-8-28-9-7-22)13-24-21(26)16-10-15(2)12-18(23)20(16)25/h4-5,10-12,25H,6-9,13H2,1-3H3,(H,24,26). The minimum Gasteiger partial charge on any atom is -0.506 e. The van der Waals surface area contributed by atoms with Crippen molar-refractivity contribution in [3.8, 4) is 11.5 Å². The van der Waals surface area contributed by atoms with Gasteiger partial charge in [0.25, 0.3) is 5.91 Å². The van der Waals surface area contributed by atoms with Crippen LogP contribution in [0.2, 0.25) is 0 Å². The van der Waals surface area contributed by atoms with Gasteiger partial charge < -0.3 is 19.9 Å². The van der Waals surface area contributed by atoms with Gasteiger partial charge in [-0.15, -0.1) is 0 Å². The van der Waals surface area contributed by atoms with Gasteiger partial charge in [0, 0.05) is 30.7 Å². The molecule has 2 N–H and O–H groups in total. The second kappa shape index (κ2) is 8.53. The average molecular weight is 448 g/mol. The van der Waals surface area contributed by atoms with Gasteiger partial charge in [-0.3, -0.25) is 4.79 Å². The van der Waals surface area contributed by atoms with Gasteiger partial charge in [0.05, 0.1) is 17.1 Å². The Bertz CT molecular complexity index is 875. The minimum atomic E-state index is -0.292. The van der Waals surface area contributed by atoms with E-state index in [1.807, 2.05) is 19.1 Å². The van der Waals surface area contributed by atoms with E-state index in [0.29, 0.717) is 24.2 Å². The van der Waals surface area contributed by atoms with Gasteiger partial charge in [-0.25, -0.2) is 0 Å². The smallest absolute Gasteiger partial charge is 0.255 e. The number of aryl methyl sites for hydroxylation is 2. The highest BCUT2D eigenvalue weighted by molar-refractivity contribution is 9.10. The molecule has 2 aromatic rings. The summed E-state index contributed by atoms with van der Waals surface area (Å²) in [6.45, 7) is 5.65. The first-order valence-electron chi connectivity index (χ1n) is 9.36. The molecule has 0 spiro atoms. The molecule has 3 rings (SSSR count). The second-order valence-corrected chi connectivity index (χ2v) is 8.28. The third-order valence-electron chi connectivity index (χ3n) is 5.42. The molecule has 0 aromatic heterocycles. The maximum absolute atomic E-state index is 12.9. The zero-order chi connectivity index (χ0) is 20.3. The van der Waals surface area contributed by atoms with Gasteiger partial charge in [-0.1, -0.05) is 17.7 Å². The fourth-order valence-corrected chi connectivity index (χ4v) is 4.37. The van der Waals surface area contributed by atoms with Crippen LogP contribution in [0.5, 0.6) is 11.5 Å². The number of aromatic hydroxyl groups is 1. The summed E-state index contributed by atoms with van der Waals surface area (Å²) >= 11 is 3.30. The maximum Gasteiger partial charge on any atom is 0.255 e. The van der Waals surface area contributed by atoms with Gasteiger partial charge in [-0.2, -0.15) is 0 Å². The Labute approximate surface area is 174 Å². The van der Waals surface area contributed by atoms with Crippen LogP contribution in [-0.4, -0.2) is 37.9 Å². The van der Waals surface area contributed by atoms with Crippen LogP contribution < -0.4 is 10.1 Å². The van der Waals surface area contributed by atoms with E-state index in [9.17, 15) is 9.90 Å². The molecule has 0 aliphatic carbocycles. The molecule has 0 bridgehead atoms. The average Bonchev–Trinajstić information content (AvgIpc) is 2.69. The minimum absolute atomic E-state index is 0.0442. The number of ether oxygens (including phenoxy) is 2. The Morgan fingerprint density at radius 2 is 1.93 bits per heavy atom. The Hall–Kier alpha value is -2.05. The van der Waals surface area contributed by atoms with E-state index < -0.39 is 0 Å². The lowest BCUT2D eigenvalue weighted by molar-refractivity contribution is 0.0478. The summed E-state index contributed by atoms with van der Waals surface area (Å²) in [7, 11) is 1.67. The van der Waals surface area contributed by atoms with Crippen LogP contribution in [0.25, 0.3) is 0 Å². The first kappa shape index (κ1) is 20.7. The molecular weight excluding hydrogens is 422 g/mol. The van der Waals surface area contributed by atoms with Crippen molar-refractivity contribution in [1.29, 1.82) is 0 Å². The van der Waals surface area contributed by atoms with Crippen molar-refractivity contribution < 1.29 is 19.4 Å². The van der Waals surface area contributed by atoms with Crippen molar-refractivity contribution in [3.05, 3.63) is 57.1 Å². The van der Waals surface area contributed by atoms with Crippen LogP contribution in [0.3, 0.4) is 0 Å². The number of rotatable bonds is 5. The van der Waals surface area contributed by atoms with E-state index in [0.717, 1.165) is 35.3 Å². The molecule has 0 unspecified atom stereocenters. The number of hydrogen-bond donors (Lipinski definition) is 2. The summed E-state index contributed by atoms with van der Waals surface area (Å²) in [5.74, 6) is 0.486. The molecule has 1 aliphatic rings. The number of nitrogens with one attached hydrogen (secondary N) is 1. The predicted molar refractivity (Wildman–Crippen MR) is 112 cm³/mol. The quantitative estimate of drug-likeness (QED) is 0.718. The van der Waals surface area contributed by atoms with Gasteiger partial charge in [0.15, 0.2) is 0 Å². The molecule has 0 saturated carbocycles.